The molecule has 2 aromatic heterocycles. The lowest BCUT2D eigenvalue weighted by Gasteiger charge is -2.00. The van der Waals surface area contributed by atoms with Gasteiger partial charge in [0.25, 0.3) is 5.82 Å². The third-order valence-corrected chi connectivity index (χ3v) is 3.12. The van der Waals surface area contributed by atoms with Gasteiger partial charge in [-0.05, 0) is 23.1 Å². The molecule has 0 aromatic carbocycles. The van der Waals surface area contributed by atoms with Crippen molar-refractivity contribution >= 4 is 22.7 Å². The Hall–Kier alpha value is -2.29. The van der Waals surface area contributed by atoms with Crippen LogP contribution in [0.5, 0.6) is 0 Å². The first kappa shape index (κ1) is 14.1. The van der Waals surface area contributed by atoms with Gasteiger partial charge in [0.1, 0.15) is 0 Å². The molecule has 0 aliphatic carbocycles. The molecule has 0 saturated carbocycles. The standard InChI is InChI=1S/C11H11N5O3S/c1-2-3-10(17)20-11-12-6-4-8(14-11)15-9(16(18)19)5-7-13-15/h4-7H,2-3H2,1H3. The van der Waals surface area contributed by atoms with E-state index >= 15 is 0 Å². The molecule has 2 aromatic rings. The van der Waals surface area contributed by atoms with E-state index < -0.39 is 4.92 Å². The first-order valence-electron chi connectivity index (χ1n) is 5.84. The van der Waals surface area contributed by atoms with Crippen molar-refractivity contribution in [3.63, 3.8) is 0 Å². The Kier molecular flexibility index (Phi) is 4.41. The predicted octanol–water partition coefficient (Wildman–Crippen LogP) is 1.99. The average Bonchev–Trinajstić information content (AvgIpc) is 2.88. The summed E-state index contributed by atoms with van der Waals surface area (Å²) in [5, 5.41) is 14.9. The first-order chi connectivity index (χ1) is 9.61. The number of hydrogen-bond donors (Lipinski definition) is 0. The minimum absolute atomic E-state index is 0.0420. The quantitative estimate of drug-likeness (QED) is 0.359. The van der Waals surface area contributed by atoms with Crippen LogP contribution < -0.4 is 0 Å². The van der Waals surface area contributed by atoms with Crippen molar-refractivity contribution in [3.05, 3.63) is 34.6 Å². The molecule has 0 saturated heterocycles. The molecule has 0 unspecified atom stereocenters. The molecule has 20 heavy (non-hydrogen) atoms. The zero-order valence-corrected chi connectivity index (χ0v) is 11.4. The SMILES string of the molecule is CCCC(=O)Sc1nccc(-n2nccc2[N+](=O)[O-])n1. The summed E-state index contributed by atoms with van der Waals surface area (Å²) in [6.45, 7) is 1.91. The number of rotatable bonds is 5. The van der Waals surface area contributed by atoms with Crippen molar-refractivity contribution in [1.29, 1.82) is 0 Å². The molecule has 0 bridgehead atoms. The van der Waals surface area contributed by atoms with Gasteiger partial charge in [-0.3, -0.25) is 4.79 Å². The van der Waals surface area contributed by atoms with Gasteiger partial charge < -0.3 is 10.1 Å². The van der Waals surface area contributed by atoms with Crippen LogP contribution in [0.1, 0.15) is 19.8 Å². The Bertz CT molecular complexity index is 642. The van der Waals surface area contributed by atoms with Crippen LogP contribution in [0.2, 0.25) is 0 Å². The maximum absolute atomic E-state index is 11.5. The van der Waals surface area contributed by atoms with Crippen molar-refractivity contribution in [3.8, 4) is 5.82 Å². The number of nitro groups is 1. The summed E-state index contributed by atoms with van der Waals surface area (Å²) >= 11 is 0.922. The highest BCUT2D eigenvalue weighted by molar-refractivity contribution is 8.13. The Labute approximate surface area is 118 Å². The van der Waals surface area contributed by atoms with Crippen LogP contribution in [-0.4, -0.2) is 29.8 Å². The van der Waals surface area contributed by atoms with Gasteiger partial charge in [-0.1, -0.05) is 16.7 Å². The van der Waals surface area contributed by atoms with Crippen molar-refractivity contribution in [1.82, 2.24) is 19.7 Å². The van der Waals surface area contributed by atoms with Crippen LogP contribution in [0.25, 0.3) is 5.82 Å². The molecule has 0 aliphatic heterocycles. The van der Waals surface area contributed by atoms with Crippen LogP contribution in [0.15, 0.2) is 29.7 Å². The van der Waals surface area contributed by atoms with Crippen molar-refractivity contribution in [2.45, 2.75) is 24.9 Å². The summed E-state index contributed by atoms with van der Waals surface area (Å²) in [4.78, 5) is 29.9. The number of carbonyl (C=O) groups is 1. The Balaban J connectivity index is 2.27. The smallest absolute Gasteiger partial charge is 0.351 e. The summed E-state index contributed by atoms with van der Waals surface area (Å²) < 4.78 is 1.09. The molecule has 8 nitrogen and oxygen atoms in total. The zero-order chi connectivity index (χ0) is 14.5. The number of carbonyl (C=O) groups excluding carboxylic acids is 1. The van der Waals surface area contributed by atoms with E-state index in [1.54, 1.807) is 0 Å². The van der Waals surface area contributed by atoms with E-state index in [0.717, 1.165) is 22.9 Å². The summed E-state index contributed by atoms with van der Waals surface area (Å²) in [6, 6.07) is 2.77. The van der Waals surface area contributed by atoms with Crippen molar-refractivity contribution < 1.29 is 9.72 Å². The predicted molar refractivity (Wildman–Crippen MR) is 71.6 cm³/mol. The fourth-order valence-corrected chi connectivity index (χ4v) is 2.23. The zero-order valence-electron chi connectivity index (χ0n) is 10.6. The van der Waals surface area contributed by atoms with Gasteiger partial charge in [0, 0.05) is 18.7 Å². The lowest BCUT2D eigenvalue weighted by Crippen LogP contribution is -2.05. The van der Waals surface area contributed by atoms with Gasteiger partial charge >= 0.3 is 5.82 Å². The Morgan fingerprint density at radius 2 is 2.25 bits per heavy atom. The normalized spacial score (nSPS) is 10.4. The fourth-order valence-electron chi connectivity index (χ4n) is 1.47. The molecule has 0 spiro atoms. The highest BCUT2D eigenvalue weighted by Gasteiger charge is 2.18. The van der Waals surface area contributed by atoms with E-state index in [4.69, 9.17) is 0 Å². The molecule has 104 valence electrons. The highest BCUT2D eigenvalue weighted by Crippen LogP contribution is 2.19. The highest BCUT2D eigenvalue weighted by atomic mass is 32.2. The molecule has 0 aliphatic rings. The molecule has 0 fully saturated rings. The van der Waals surface area contributed by atoms with E-state index in [1.807, 2.05) is 6.92 Å². The molecular formula is C11H11N5O3S. The van der Waals surface area contributed by atoms with Crippen molar-refractivity contribution in [2.75, 3.05) is 0 Å². The van der Waals surface area contributed by atoms with E-state index in [2.05, 4.69) is 15.1 Å². The monoisotopic (exact) mass is 293 g/mol. The second kappa shape index (κ2) is 6.24. The van der Waals surface area contributed by atoms with Gasteiger partial charge in [0.05, 0.1) is 12.3 Å². The number of hydrogen-bond acceptors (Lipinski definition) is 7. The molecule has 0 N–H and O–H groups in total. The largest absolute Gasteiger partial charge is 0.358 e. The third kappa shape index (κ3) is 3.18. The molecule has 0 amide bonds. The Morgan fingerprint density at radius 3 is 2.95 bits per heavy atom. The van der Waals surface area contributed by atoms with Crippen LogP contribution in [-0.2, 0) is 4.79 Å². The third-order valence-electron chi connectivity index (χ3n) is 2.30. The van der Waals surface area contributed by atoms with Crippen LogP contribution in [0.4, 0.5) is 5.82 Å². The average molecular weight is 293 g/mol. The van der Waals surface area contributed by atoms with Gasteiger partial charge in [-0.15, -0.1) is 0 Å². The van der Waals surface area contributed by atoms with Crippen LogP contribution in [0.3, 0.4) is 0 Å². The summed E-state index contributed by atoms with van der Waals surface area (Å²) in [5.41, 5.74) is 0. The van der Waals surface area contributed by atoms with E-state index in [-0.39, 0.29) is 21.9 Å². The fraction of sp³-hybridized carbons (Fsp3) is 0.273. The van der Waals surface area contributed by atoms with E-state index in [1.165, 1.54) is 24.5 Å². The molecular weight excluding hydrogens is 282 g/mol. The minimum atomic E-state index is -0.551. The van der Waals surface area contributed by atoms with E-state index in [9.17, 15) is 14.9 Å². The topological polar surface area (TPSA) is 104 Å². The number of thioether (sulfide) groups is 1. The molecule has 9 heteroatoms. The lowest BCUT2D eigenvalue weighted by atomic mass is 10.4. The lowest BCUT2D eigenvalue weighted by molar-refractivity contribution is -0.391. The first-order valence-corrected chi connectivity index (χ1v) is 6.66. The Morgan fingerprint density at radius 1 is 1.45 bits per heavy atom. The second-order valence-corrected chi connectivity index (χ2v) is 4.80. The van der Waals surface area contributed by atoms with Gasteiger partial charge in [0.15, 0.2) is 10.3 Å². The maximum atomic E-state index is 11.5. The minimum Gasteiger partial charge on any atom is -0.358 e. The molecule has 2 heterocycles. The number of aromatic nitrogens is 4. The van der Waals surface area contributed by atoms with Crippen LogP contribution >= 0.6 is 11.8 Å². The number of nitrogens with zero attached hydrogens (tertiary/aromatic N) is 5. The van der Waals surface area contributed by atoms with Gasteiger partial charge in [-0.25, -0.2) is 4.98 Å². The molecule has 2 rings (SSSR count). The summed E-state index contributed by atoms with van der Waals surface area (Å²) in [7, 11) is 0. The summed E-state index contributed by atoms with van der Waals surface area (Å²) in [5.74, 6) is 0.0584. The maximum Gasteiger partial charge on any atom is 0.351 e. The second-order valence-electron chi connectivity index (χ2n) is 3.78. The summed E-state index contributed by atoms with van der Waals surface area (Å²) in [6.07, 6.45) is 3.93. The van der Waals surface area contributed by atoms with Gasteiger partial charge in [-0.2, -0.15) is 4.98 Å². The molecule has 0 radical (unpaired) electrons. The van der Waals surface area contributed by atoms with Crippen LogP contribution in [0, 0.1) is 10.1 Å². The van der Waals surface area contributed by atoms with Gasteiger partial charge in [0.2, 0.25) is 0 Å². The van der Waals surface area contributed by atoms with Crippen molar-refractivity contribution in [2.24, 2.45) is 0 Å². The van der Waals surface area contributed by atoms with E-state index in [0.29, 0.717) is 6.42 Å². The molecule has 0 atom stereocenters.